The average Bonchev–Trinajstić information content (AvgIpc) is 2.47. The van der Waals surface area contributed by atoms with Gasteiger partial charge in [-0.05, 0) is 24.5 Å². The van der Waals surface area contributed by atoms with Gasteiger partial charge in [-0.15, -0.1) is 0 Å². The minimum atomic E-state index is -0.126. The zero-order valence-corrected chi connectivity index (χ0v) is 12.6. The van der Waals surface area contributed by atoms with Crippen LogP contribution in [0.3, 0.4) is 0 Å². The molecule has 2 rings (SSSR count). The van der Waals surface area contributed by atoms with Crippen molar-refractivity contribution < 1.29 is 9.53 Å². The number of ether oxygens (including phenoxy) is 1. The van der Waals surface area contributed by atoms with Crippen molar-refractivity contribution in [3.8, 4) is 0 Å². The number of hydrogen-bond acceptors (Lipinski definition) is 3. The summed E-state index contributed by atoms with van der Waals surface area (Å²) in [7, 11) is 0. The first-order chi connectivity index (χ1) is 9.59. The number of hydrogen-bond donors (Lipinski definition) is 1. The molecular weight excluding hydrogens is 252 g/mol. The van der Waals surface area contributed by atoms with Gasteiger partial charge in [-0.3, -0.25) is 9.69 Å². The van der Waals surface area contributed by atoms with Crippen molar-refractivity contribution in [2.45, 2.75) is 32.7 Å². The van der Waals surface area contributed by atoms with Gasteiger partial charge >= 0.3 is 0 Å². The normalized spacial score (nSPS) is 18.0. The first kappa shape index (κ1) is 15.0. The molecule has 4 nitrogen and oxygen atoms in total. The van der Waals surface area contributed by atoms with Crippen LogP contribution in [-0.2, 0) is 9.53 Å². The van der Waals surface area contributed by atoms with Gasteiger partial charge in [0.05, 0.1) is 19.3 Å². The molecule has 1 fully saturated rings. The smallest absolute Gasteiger partial charge is 0.241 e. The van der Waals surface area contributed by atoms with Gasteiger partial charge in [-0.1, -0.05) is 32.0 Å². The molecule has 1 N–H and O–H groups in total. The number of morpholine rings is 1. The molecule has 4 heteroatoms. The van der Waals surface area contributed by atoms with E-state index in [1.54, 1.807) is 0 Å². The van der Waals surface area contributed by atoms with E-state index >= 15 is 0 Å². The molecule has 1 amide bonds. The highest BCUT2D eigenvalue weighted by Crippen LogP contribution is 2.24. The summed E-state index contributed by atoms with van der Waals surface area (Å²) < 4.78 is 5.33. The van der Waals surface area contributed by atoms with Crippen molar-refractivity contribution in [1.82, 2.24) is 4.90 Å². The fourth-order valence-corrected chi connectivity index (χ4v) is 2.48. The molecule has 1 aliphatic rings. The van der Waals surface area contributed by atoms with Gasteiger partial charge in [0, 0.05) is 18.8 Å². The van der Waals surface area contributed by atoms with Gasteiger partial charge in [0.2, 0.25) is 5.91 Å². The molecule has 1 aliphatic heterocycles. The van der Waals surface area contributed by atoms with E-state index in [4.69, 9.17) is 4.74 Å². The van der Waals surface area contributed by atoms with Crippen LogP contribution in [0.1, 0.15) is 32.3 Å². The molecule has 1 aromatic rings. The SMILES string of the molecule is CC(C)c1ccccc1NC(=O)[C@H](C)N1CCOCC1. The summed E-state index contributed by atoms with van der Waals surface area (Å²) in [6.45, 7) is 9.28. The Morgan fingerprint density at radius 3 is 2.50 bits per heavy atom. The van der Waals surface area contributed by atoms with E-state index in [1.165, 1.54) is 5.56 Å². The summed E-state index contributed by atoms with van der Waals surface area (Å²) in [5, 5.41) is 3.07. The number of carbonyl (C=O) groups is 1. The quantitative estimate of drug-likeness (QED) is 0.918. The summed E-state index contributed by atoms with van der Waals surface area (Å²) in [5.74, 6) is 0.449. The van der Waals surface area contributed by atoms with Crippen LogP contribution in [0.2, 0.25) is 0 Å². The Bertz CT molecular complexity index is 454. The lowest BCUT2D eigenvalue weighted by molar-refractivity contribution is -0.122. The number of nitrogens with zero attached hydrogens (tertiary/aromatic N) is 1. The van der Waals surface area contributed by atoms with Crippen molar-refractivity contribution in [3.63, 3.8) is 0 Å². The van der Waals surface area contributed by atoms with E-state index in [2.05, 4.69) is 30.1 Å². The molecule has 1 heterocycles. The Kier molecular flexibility index (Phi) is 5.15. The Morgan fingerprint density at radius 1 is 1.20 bits per heavy atom. The van der Waals surface area contributed by atoms with E-state index in [0.29, 0.717) is 19.1 Å². The van der Waals surface area contributed by atoms with Gasteiger partial charge in [0.1, 0.15) is 0 Å². The lowest BCUT2D eigenvalue weighted by atomic mass is 10.0. The Balaban J connectivity index is 2.03. The first-order valence-corrected chi connectivity index (χ1v) is 7.31. The number of amides is 1. The number of rotatable bonds is 4. The minimum Gasteiger partial charge on any atom is -0.379 e. The molecule has 0 aliphatic carbocycles. The third-order valence-electron chi connectivity index (χ3n) is 3.81. The lowest BCUT2D eigenvalue weighted by Gasteiger charge is -2.31. The van der Waals surface area contributed by atoms with Crippen LogP contribution >= 0.6 is 0 Å². The first-order valence-electron chi connectivity index (χ1n) is 7.31. The maximum absolute atomic E-state index is 12.4. The Labute approximate surface area is 121 Å². The van der Waals surface area contributed by atoms with Crippen LogP contribution in [0.15, 0.2) is 24.3 Å². The Morgan fingerprint density at radius 2 is 1.85 bits per heavy atom. The molecule has 1 saturated heterocycles. The summed E-state index contributed by atoms with van der Waals surface area (Å²) in [6.07, 6.45) is 0. The zero-order valence-electron chi connectivity index (χ0n) is 12.6. The molecule has 20 heavy (non-hydrogen) atoms. The average molecular weight is 276 g/mol. The number of anilines is 1. The maximum Gasteiger partial charge on any atom is 0.241 e. The number of nitrogens with one attached hydrogen (secondary N) is 1. The fourth-order valence-electron chi connectivity index (χ4n) is 2.48. The molecule has 0 saturated carbocycles. The predicted octanol–water partition coefficient (Wildman–Crippen LogP) is 2.47. The molecule has 0 radical (unpaired) electrons. The molecule has 0 aromatic heterocycles. The van der Waals surface area contributed by atoms with Gasteiger partial charge in [0.25, 0.3) is 0 Å². The highest BCUT2D eigenvalue weighted by Gasteiger charge is 2.23. The number of para-hydroxylation sites is 1. The standard InChI is InChI=1S/C16H24N2O2/c1-12(2)14-6-4-5-7-15(14)17-16(19)13(3)18-8-10-20-11-9-18/h4-7,12-13H,8-11H2,1-3H3,(H,17,19)/t13-/m0/s1. The third kappa shape index (κ3) is 3.58. The molecule has 110 valence electrons. The van der Waals surface area contributed by atoms with Crippen molar-refractivity contribution in [1.29, 1.82) is 0 Å². The monoisotopic (exact) mass is 276 g/mol. The van der Waals surface area contributed by atoms with Crippen LogP contribution in [0.25, 0.3) is 0 Å². The van der Waals surface area contributed by atoms with Gasteiger partial charge in [0.15, 0.2) is 0 Å². The zero-order chi connectivity index (χ0) is 14.5. The van der Waals surface area contributed by atoms with Gasteiger partial charge < -0.3 is 10.1 Å². The van der Waals surface area contributed by atoms with Crippen molar-refractivity contribution in [2.75, 3.05) is 31.6 Å². The second kappa shape index (κ2) is 6.86. The van der Waals surface area contributed by atoms with E-state index < -0.39 is 0 Å². The predicted molar refractivity (Wildman–Crippen MR) is 81.0 cm³/mol. The molecule has 1 atom stereocenters. The fraction of sp³-hybridized carbons (Fsp3) is 0.562. The van der Waals surface area contributed by atoms with Crippen molar-refractivity contribution in [2.24, 2.45) is 0 Å². The summed E-state index contributed by atoms with van der Waals surface area (Å²) >= 11 is 0. The van der Waals surface area contributed by atoms with Crippen LogP contribution < -0.4 is 5.32 Å². The number of carbonyl (C=O) groups excluding carboxylic acids is 1. The minimum absolute atomic E-state index is 0.0556. The van der Waals surface area contributed by atoms with Crippen LogP contribution in [0, 0.1) is 0 Å². The van der Waals surface area contributed by atoms with E-state index in [9.17, 15) is 4.79 Å². The molecule has 0 spiro atoms. The largest absolute Gasteiger partial charge is 0.379 e. The van der Waals surface area contributed by atoms with E-state index in [-0.39, 0.29) is 11.9 Å². The summed E-state index contributed by atoms with van der Waals surface area (Å²) in [4.78, 5) is 14.6. The maximum atomic E-state index is 12.4. The number of benzene rings is 1. The molecule has 0 bridgehead atoms. The highest BCUT2D eigenvalue weighted by atomic mass is 16.5. The molecule has 0 unspecified atom stereocenters. The molecule has 1 aromatic carbocycles. The van der Waals surface area contributed by atoms with Gasteiger partial charge in [-0.2, -0.15) is 0 Å². The van der Waals surface area contributed by atoms with Gasteiger partial charge in [-0.25, -0.2) is 0 Å². The second-order valence-electron chi connectivity index (χ2n) is 5.56. The van der Waals surface area contributed by atoms with E-state index in [1.807, 2.05) is 25.1 Å². The van der Waals surface area contributed by atoms with Crippen LogP contribution in [0.4, 0.5) is 5.69 Å². The highest BCUT2D eigenvalue weighted by molar-refractivity contribution is 5.95. The van der Waals surface area contributed by atoms with E-state index in [0.717, 1.165) is 18.8 Å². The second-order valence-corrected chi connectivity index (χ2v) is 5.56. The van der Waals surface area contributed by atoms with Crippen molar-refractivity contribution in [3.05, 3.63) is 29.8 Å². The lowest BCUT2D eigenvalue weighted by Crippen LogP contribution is -2.47. The van der Waals surface area contributed by atoms with Crippen LogP contribution in [-0.4, -0.2) is 43.2 Å². The van der Waals surface area contributed by atoms with Crippen molar-refractivity contribution >= 4 is 11.6 Å². The van der Waals surface area contributed by atoms with Crippen LogP contribution in [0.5, 0.6) is 0 Å². The summed E-state index contributed by atoms with van der Waals surface area (Å²) in [6, 6.07) is 7.88. The third-order valence-corrected chi connectivity index (χ3v) is 3.81. The summed E-state index contributed by atoms with van der Waals surface area (Å²) in [5.41, 5.74) is 2.10. The topological polar surface area (TPSA) is 41.6 Å². The Hall–Kier alpha value is -1.39. The molecular formula is C16H24N2O2.